The van der Waals surface area contributed by atoms with E-state index in [1.165, 1.54) is 0 Å². The van der Waals surface area contributed by atoms with E-state index >= 15 is 0 Å². The van der Waals surface area contributed by atoms with Gasteiger partial charge < -0.3 is 10.0 Å². The van der Waals surface area contributed by atoms with Crippen LogP contribution in [0.25, 0.3) is 0 Å². The van der Waals surface area contributed by atoms with E-state index < -0.39 is 10.1 Å². The van der Waals surface area contributed by atoms with E-state index in [9.17, 15) is 13.0 Å². The quantitative estimate of drug-likeness (QED) is 0.408. The van der Waals surface area contributed by atoms with Gasteiger partial charge in [-0.25, -0.2) is 8.42 Å². The zero-order valence-electron chi connectivity index (χ0n) is 9.29. The zero-order valence-corrected chi connectivity index (χ0v) is 12.1. The summed E-state index contributed by atoms with van der Waals surface area (Å²) in [6, 6.07) is 3.38. The molecule has 1 aromatic carbocycles. The molecule has 0 aliphatic heterocycles. The third kappa shape index (κ3) is 4.22. The number of hydrogen-bond donors (Lipinski definition) is 0. The fourth-order valence-corrected chi connectivity index (χ4v) is 2.47. The van der Waals surface area contributed by atoms with Crippen molar-refractivity contribution in [3.63, 3.8) is 0 Å². The average molecular weight is 240 g/mol. The van der Waals surface area contributed by atoms with E-state index in [1.54, 1.807) is 26.0 Å². The van der Waals surface area contributed by atoms with Gasteiger partial charge in [0.15, 0.2) is 0 Å². The predicted molar refractivity (Wildman–Crippen MR) is 52.2 cm³/mol. The Hall–Kier alpha value is 0.0900. The van der Waals surface area contributed by atoms with Gasteiger partial charge in [0.25, 0.3) is 0 Å². The van der Waals surface area contributed by atoms with Gasteiger partial charge in [-0.1, -0.05) is 17.7 Å². The second-order valence-corrected chi connectivity index (χ2v) is 4.50. The molecule has 0 bridgehead atoms. The standard InChI is InChI=1S/C9H12O3S.Na.H2O/c1-6-4-7(2)9(8(3)5-6)13(10,11)12;;/h4-5H,1-3H3,(H,10,11,12);;1H2/q;+1;/p-1. The van der Waals surface area contributed by atoms with E-state index in [0.717, 1.165) is 5.56 Å². The molecular weight excluding hydrogens is 227 g/mol. The van der Waals surface area contributed by atoms with Gasteiger partial charge in [-0.3, -0.25) is 0 Å². The van der Waals surface area contributed by atoms with Crippen LogP contribution in [0.5, 0.6) is 0 Å². The van der Waals surface area contributed by atoms with Crippen LogP contribution in [0.3, 0.4) is 0 Å². The minimum absolute atomic E-state index is 0. The van der Waals surface area contributed by atoms with Gasteiger partial charge >= 0.3 is 29.6 Å². The molecule has 6 heteroatoms. The fraction of sp³-hybridized carbons (Fsp3) is 0.333. The molecule has 0 amide bonds. The third-order valence-electron chi connectivity index (χ3n) is 1.85. The monoisotopic (exact) mass is 240 g/mol. The maximum absolute atomic E-state index is 10.8. The normalized spacial score (nSPS) is 10.1. The van der Waals surface area contributed by atoms with Crippen LogP contribution in [0.1, 0.15) is 16.7 Å². The van der Waals surface area contributed by atoms with Gasteiger partial charge in [-0.05, 0) is 31.9 Å². The van der Waals surface area contributed by atoms with Gasteiger partial charge in [0.05, 0.1) is 4.90 Å². The van der Waals surface area contributed by atoms with Gasteiger partial charge in [-0.2, -0.15) is 0 Å². The molecule has 2 N–H and O–H groups in total. The Bertz CT molecular complexity index is 416. The molecule has 1 aromatic rings. The molecule has 4 nitrogen and oxygen atoms in total. The molecule has 0 atom stereocenters. The first-order chi connectivity index (χ1) is 5.82. The molecule has 0 spiro atoms. The topological polar surface area (TPSA) is 88.7 Å². The van der Waals surface area contributed by atoms with Crippen LogP contribution < -0.4 is 29.6 Å². The van der Waals surface area contributed by atoms with Gasteiger partial charge in [0, 0.05) is 0 Å². The predicted octanol–water partition coefficient (Wildman–Crippen LogP) is -2.30. The van der Waals surface area contributed by atoms with E-state index in [4.69, 9.17) is 0 Å². The molecule has 1 rings (SSSR count). The molecule has 0 radical (unpaired) electrons. The SMILES string of the molecule is Cc1cc(C)c(S(=O)(=O)[O-])c(C)c1.O.[Na+]. The van der Waals surface area contributed by atoms with Crippen molar-refractivity contribution in [3.8, 4) is 0 Å². The largest absolute Gasteiger partial charge is 1.00 e. The smallest absolute Gasteiger partial charge is 0.744 e. The van der Waals surface area contributed by atoms with Crippen molar-refractivity contribution in [2.24, 2.45) is 0 Å². The first kappa shape index (κ1) is 17.5. The molecule has 0 aromatic heterocycles. The molecule has 0 unspecified atom stereocenters. The first-order valence-corrected chi connectivity index (χ1v) is 5.27. The summed E-state index contributed by atoms with van der Waals surface area (Å²) in [7, 11) is -4.33. The first-order valence-electron chi connectivity index (χ1n) is 3.86. The number of hydrogen-bond acceptors (Lipinski definition) is 3. The summed E-state index contributed by atoms with van der Waals surface area (Å²) in [6.07, 6.45) is 0. The Balaban J connectivity index is 0. The van der Waals surface area contributed by atoms with Gasteiger partial charge in [0.2, 0.25) is 0 Å². The minimum atomic E-state index is -4.33. The van der Waals surface area contributed by atoms with Gasteiger partial charge in [0.1, 0.15) is 10.1 Å². The molecule has 0 aliphatic rings. The molecule has 0 heterocycles. The molecule has 0 fully saturated rings. The second-order valence-electron chi connectivity index (χ2n) is 3.18. The summed E-state index contributed by atoms with van der Waals surface area (Å²) in [5, 5.41) is 0. The van der Waals surface area contributed by atoms with Crippen LogP contribution in [0, 0.1) is 20.8 Å². The molecule has 15 heavy (non-hydrogen) atoms. The summed E-state index contributed by atoms with van der Waals surface area (Å²) in [6.45, 7) is 5.12. The summed E-state index contributed by atoms with van der Waals surface area (Å²) in [5.41, 5.74) is 2.00. The van der Waals surface area contributed by atoms with E-state index in [1.807, 2.05) is 6.92 Å². The number of rotatable bonds is 1. The van der Waals surface area contributed by atoms with Crippen molar-refractivity contribution in [1.29, 1.82) is 0 Å². The van der Waals surface area contributed by atoms with Crippen LogP contribution in [0.2, 0.25) is 0 Å². The van der Waals surface area contributed by atoms with Crippen molar-refractivity contribution in [2.45, 2.75) is 25.7 Å². The van der Waals surface area contributed by atoms with Gasteiger partial charge in [-0.15, -0.1) is 0 Å². The maximum Gasteiger partial charge on any atom is 1.00 e. The second kappa shape index (κ2) is 5.98. The van der Waals surface area contributed by atoms with Crippen LogP contribution in [-0.2, 0) is 10.1 Å². The van der Waals surface area contributed by atoms with E-state index in [2.05, 4.69) is 0 Å². The van der Waals surface area contributed by atoms with Crippen LogP contribution in [0.4, 0.5) is 0 Å². The third-order valence-corrected chi connectivity index (χ3v) is 3.00. The van der Waals surface area contributed by atoms with Crippen molar-refractivity contribution < 1.29 is 48.0 Å². The molecule has 0 aliphatic carbocycles. The Morgan fingerprint density at radius 1 is 1.07 bits per heavy atom. The molecule has 0 saturated heterocycles. The van der Waals surface area contributed by atoms with Crippen LogP contribution >= 0.6 is 0 Å². The summed E-state index contributed by atoms with van der Waals surface area (Å²) in [4.78, 5) is -0.0851. The van der Waals surface area contributed by atoms with Crippen LogP contribution in [-0.4, -0.2) is 18.4 Å². The number of aryl methyl sites for hydroxylation is 3. The fourth-order valence-electron chi connectivity index (χ4n) is 1.56. The Kier molecular flexibility index (Phi) is 6.97. The summed E-state index contributed by atoms with van der Waals surface area (Å²) < 4.78 is 32.5. The van der Waals surface area contributed by atoms with Crippen molar-refractivity contribution >= 4 is 10.1 Å². The van der Waals surface area contributed by atoms with Crippen molar-refractivity contribution in [1.82, 2.24) is 0 Å². The summed E-state index contributed by atoms with van der Waals surface area (Å²) >= 11 is 0. The van der Waals surface area contributed by atoms with E-state index in [0.29, 0.717) is 11.1 Å². The van der Waals surface area contributed by atoms with E-state index in [-0.39, 0.29) is 39.9 Å². The Morgan fingerprint density at radius 3 is 1.67 bits per heavy atom. The molecule has 80 valence electrons. The Labute approximate surface area is 112 Å². The van der Waals surface area contributed by atoms with Crippen molar-refractivity contribution in [3.05, 3.63) is 28.8 Å². The van der Waals surface area contributed by atoms with Crippen LogP contribution in [0.15, 0.2) is 17.0 Å². The minimum Gasteiger partial charge on any atom is -0.744 e. The molecular formula is C9H13NaO4S. The zero-order chi connectivity index (χ0) is 10.2. The maximum atomic E-state index is 10.8. The van der Waals surface area contributed by atoms with Crippen molar-refractivity contribution in [2.75, 3.05) is 0 Å². The number of benzene rings is 1. The summed E-state index contributed by atoms with van der Waals surface area (Å²) in [5.74, 6) is 0. The average Bonchev–Trinajstić information content (AvgIpc) is 1.78. The molecule has 0 saturated carbocycles. The Morgan fingerprint density at radius 2 is 1.40 bits per heavy atom.